The summed E-state index contributed by atoms with van der Waals surface area (Å²) in [6, 6.07) is 13.4. The number of unbranched alkanes of at least 4 members (excludes halogenated alkanes) is 2. The van der Waals surface area contributed by atoms with Crippen molar-refractivity contribution in [1.29, 1.82) is 0 Å². The molecule has 31 heavy (non-hydrogen) atoms. The van der Waals surface area contributed by atoms with E-state index in [-0.39, 0.29) is 11.8 Å². The summed E-state index contributed by atoms with van der Waals surface area (Å²) < 4.78 is 5.19. The fraction of sp³-hybridized carbons (Fsp3) is 0.360. The fourth-order valence-corrected chi connectivity index (χ4v) is 3.26. The molecule has 0 aliphatic rings. The molecular weight excluding hydrogens is 392 g/mol. The maximum atomic E-state index is 12.4. The molecule has 0 fully saturated rings. The SMILES string of the molecule is CCCCCNC(=O)N(C)c1cccc(-c2ccc(C=C(OCC)C(=O)O)cc2C)c1. The maximum absolute atomic E-state index is 12.4. The minimum Gasteiger partial charge on any atom is -0.487 e. The molecule has 2 rings (SSSR count). The Labute approximate surface area is 184 Å². The number of carbonyl (C=O) groups excluding carboxylic acids is 1. The Kier molecular flexibility index (Phi) is 9.13. The molecule has 2 N–H and O–H groups in total. The summed E-state index contributed by atoms with van der Waals surface area (Å²) in [5.74, 6) is -1.17. The predicted molar refractivity (Wildman–Crippen MR) is 125 cm³/mol. The van der Waals surface area contributed by atoms with Crippen LogP contribution in [-0.2, 0) is 9.53 Å². The molecule has 0 radical (unpaired) electrons. The van der Waals surface area contributed by atoms with Gasteiger partial charge < -0.3 is 15.2 Å². The van der Waals surface area contributed by atoms with Crippen LogP contribution in [0.3, 0.4) is 0 Å². The van der Waals surface area contributed by atoms with Crippen LogP contribution in [0.1, 0.15) is 44.2 Å². The van der Waals surface area contributed by atoms with Gasteiger partial charge in [0.25, 0.3) is 0 Å². The van der Waals surface area contributed by atoms with Crippen LogP contribution < -0.4 is 10.2 Å². The zero-order valence-corrected chi connectivity index (χ0v) is 18.8. The van der Waals surface area contributed by atoms with Crippen molar-refractivity contribution in [2.45, 2.75) is 40.0 Å². The van der Waals surface area contributed by atoms with E-state index in [1.54, 1.807) is 18.9 Å². The Morgan fingerprint density at radius 1 is 1.13 bits per heavy atom. The smallest absolute Gasteiger partial charge is 0.371 e. The minimum absolute atomic E-state index is 0.0804. The number of anilines is 1. The van der Waals surface area contributed by atoms with Gasteiger partial charge in [-0.15, -0.1) is 0 Å². The van der Waals surface area contributed by atoms with E-state index in [0.717, 1.165) is 47.2 Å². The van der Waals surface area contributed by atoms with E-state index in [1.807, 2.05) is 49.4 Å². The van der Waals surface area contributed by atoms with Crippen LogP contribution in [-0.4, -0.2) is 37.3 Å². The second kappa shape index (κ2) is 11.8. The predicted octanol–water partition coefficient (Wildman–Crippen LogP) is 5.46. The molecule has 0 aromatic heterocycles. The summed E-state index contributed by atoms with van der Waals surface area (Å²) in [4.78, 5) is 25.3. The molecule has 0 saturated carbocycles. The molecule has 0 bridgehead atoms. The number of hydrogen-bond acceptors (Lipinski definition) is 3. The fourth-order valence-electron chi connectivity index (χ4n) is 3.26. The highest BCUT2D eigenvalue weighted by Crippen LogP contribution is 2.28. The number of rotatable bonds is 10. The van der Waals surface area contributed by atoms with E-state index in [2.05, 4.69) is 12.2 Å². The normalized spacial score (nSPS) is 11.2. The van der Waals surface area contributed by atoms with E-state index in [4.69, 9.17) is 4.74 Å². The second-order valence-corrected chi connectivity index (χ2v) is 7.37. The largest absolute Gasteiger partial charge is 0.487 e. The molecule has 0 aliphatic heterocycles. The zero-order chi connectivity index (χ0) is 22.8. The minimum atomic E-state index is -1.09. The van der Waals surface area contributed by atoms with E-state index in [0.29, 0.717) is 13.2 Å². The summed E-state index contributed by atoms with van der Waals surface area (Å²) in [5.41, 5.74) is 4.56. The molecule has 0 spiro atoms. The molecule has 166 valence electrons. The molecule has 2 aromatic rings. The van der Waals surface area contributed by atoms with Crippen molar-refractivity contribution in [3.8, 4) is 11.1 Å². The standard InChI is InChI=1S/C25H32N2O4/c1-5-7-8-14-26-25(30)27(4)21-11-9-10-20(17-21)22-13-12-19(15-18(22)3)16-23(24(28)29)31-6-2/h9-13,15-17H,5-8,14H2,1-4H3,(H,26,30)(H,28,29). The molecule has 6 nitrogen and oxygen atoms in total. The van der Waals surface area contributed by atoms with E-state index >= 15 is 0 Å². The highest BCUT2D eigenvalue weighted by atomic mass is 16.5. The van der Waals surface area contributed by atoms with Crippen LogP contribution >= 0.6 is 0 Å². The third kappa shape index (κ3) is 6.88. The van der Waals surface area contributed by atoms with Gasteiger partial charge >= 0.3 is 12.0 Å². The summed E-state index contributed by atoms with van der Waals surface area (Å²) in [6.45, 7) is 6.83. The third-order valence-electron chi connectivity index (χ3n) is 4.96. The quantitative estimate of drug-likeness (QED) is 0.302. The molecule has 2 aromatic carbocycles. The number of ether oxygens (including phenoxy) is 1. The molecule has 0 saturated heterocycles. The number of aliphatic carboxylic acids is 1. The lowest BCUT2D eigenvalue weighted by atomic mass is 9.97. The first kappa shape index (κ1) is 24.0. The first-order chi connectivity index (χ1) is 14.9. The molecule has 2 amide bonds. The van der Waals surface area contributed by atoms with Crippen molar-refractivity contribution < 1.29 is 19.4 Å². The molecule has 0 aliphatic carbocycles. The number of nitrogens with zero attached hydrogens (tertiary/aromatic N) is 1. The van der Waals surface area contributed by atoms with Gasteiger partial charge in [-0.1, -0.05) is 50.1 Å². The van der Waals surface area contributed by atoms with Crippen molar-refractivity contribution in [2.75, 3.05) is 25.1 Å². The highest BCUT2D eigenvalue weighted by molar-refractivity contribution is 5.92. The second-order valence-electron chi connectivity index (χ2n) is 7.37. The molecule has 0 heterocycles. The lowest BCUT2D eigenvalue weighted by molar-refractivity contribution is -0.136. The van der Waals surface area contributed by atoms with Crippen LogP contribution in [0.25, 0.3) is 17.2 Å². The van der Waals surface area contributed by atoms with Crippen molar-refractivity contribution in [3.63, 3.8) is 0 Å². The van der Waals surface area contributed by atoms with Crippen molar-refractivity contribution in [2.24, 2.45) is 0 Å². The third-order valence-corrected chi connectivity index (χ3v) is 4.96. The van der Waals surface area contributed by atoms with Gasteiger partial charge in [-0.05, 0) is 60.7 Å². The number of carbonyl (C=O) groups is 2. The van der Waals surface area contributed by atoms with Gasteiger partial charge in [0.2, 0.25) is 5.76 Å². The zero-order valence-electron chi connectivity index (χ0n) is 18.8. The summed E-state index contributed by atoms with van der Waals surface area (Å²) >= 11 is 0. The van der Waals surface area contributed by atoms with Gasteiger partial charge in [0, 0.05) is 19.3 Å². The van der Waals surface area contributed by atoms with Crippen molar-refractivity contribution in [3.05, 3.63) is 59.4 Å². The Hall–Kier alpha value is -3.28. The summed E-state index contributed by atoms with van der Waals surface area (Å²) in [5, 5.41) is 12.2. The Morgan fingerprint density at radius 3 is 2.55 bits per heavy atom. The molecule has 0 atom stereocenters. The van der Waals surface area contributed by atoms with Gasteiger partial charge in [0.15, 0.2) is 0 Å². The van der Waals surface area contributed by atoms with Gasteiger partial charge in [-0.25, -0.2) is 9.59 Å². The monoisotopic (exact) mass is 424 g/mol. The summed E-state index contributed by atoms with van der Waals surface area (Å²) in [7, 11) is 1.76. The van der Waals surface area contributed by atoms with Crippen molar-refractivity contribution in [1.82, 2.24) is 5.32 Å². The average Bonchev–Trinajstić information content (AvgIpc) is 2.76. The Balaban J connectivity index is 2.21. The lowest BCUT2D eigenvalue weighted by Gasteiger charge is -2.19. The van der Waals surface area contributed by atoms with Crippen LogP contribution in [0.5, 0.6) is 0 Å². The van der Waals surface area contributed by atoms with Gasteiger partial charge in [0.05, 0.1) is 6.61 Å². The van der Waals surface area contributed by atoms with Crippen molar-refractivity contribution >= 4 is 23.8 Å². The lowest BCUT2D eigenvalue weighted by Crippen LogP contribution is -2.37. The van der Waals surface area contributed by atoms with Crippen LogP contribution in [0.2, 0.25) is 0 Å². The van der Waals surface area contributed by atoms with Gasteiger partial charge in [0.1, 0.15) is 0 Å². The summed E-state index contributed by atoms with van der Waals surface area (Å²) in [6.07, 6.45) is 4.71. The topological polar surface area (TPSA) is 78.9 Å². The number of benzene rings is 2. The Morgan fingerprint density at radius 2 is 1.90 bits per heavy atom. The maximum Gasteiger partial charge on any atom is 0.371 e. The van der Waals surface area contributed by atoms with Crippen LogP contribution in [0.15, 0.2) is 48.2 Å². The molecule has 6 heteroatoms. The molecular formula is C25H32N2O4. The van der Waals surface area contributed by atoms with Crippen LogP contribution in [0.4, 0.5) is 10.5 Å². The number of nitrogens with one attached hydrogen (secondary N) is 1. The molecule has 0 unspecified atom stereocenters. The number of hydrogen-bond donors (Lipinski definition) is 2. The number of amides is 2. The average molecular weight is 425 g/mol. The first-order valence-corrected chi connectivity index (χ1v) is 10.7. The van der Waals surface area contributed by atoms with Crippen LogP contribution in [0, 0.1) is 6.92 Å². The first-order valence-electron chi connectivity index (χ1n) is 10.7. The number of carboxylic acid groups (broad SMARTS) is 1. The highest BCUT2D eigenvalue weighted by Gasteiger charge is 2.12. The van der Waals surface area contributed by atoms with Gasteiger partial charge in [-0.2, -0.15) is 0 Å². The van der Waals surface area contributed by atoms with E-state index in [9.17, 15) is 14.7 Å². The number of aryl methyl sites for hydroxylation is 1. The number of carboxylic acids is 1. The van der Waals surface area contributed by atoms with E-state index < -0.39 is 5.97 Å². The number of urea groups is 1. The van der Waals surface area contributed by atoms with E-state index in [1.165, 1.54) is 6.08 Å². The Bertz CT molecular complexity index is 937. The van der Waals surface area contributed by atoms with Gasteiger partial charge in [-0.3, -0.25) is 4.90 Å².